The van der Waals surface area contributed by atoms with Crippen LogP contribution in [0.5, 0.6) is 0 Å². The number of aromatic nitrogens is 2. The SMILES string of the molecule is CC.CC.CC#Cc1csc2cnnc(C)c12. The molecule has 0 aliphatic rings. The van der Waals surface area contributed by atoms with E-state index in [-0.39, 0.29) is 0 Å². The first kappa shape index (κ1) is 15.6. The molecule has 92 valence electrons. The minimum Gasteiger partial charge on any atom is -0.157 e. The Morgan fingerprint density at radius 3 is 2.41 bits per heavy atom. The molecule has 0 atom stereocenters. The minimum absolute atomic E-state index is 0.955. The quantitative estimate of drug-likeness (QED) is 0.645. The van der Waals surface area contributed by atoms with Crippen molar-refractivity contribution in [1.82, 2.24) is 10.2 Å². The van der Waals surface area contributed by atoms with E-state index in [1.807, 2.05) is 41.5 Å². The topological polar surface area (TPSA) is 25.8 Å². The van der Waals surface area contributed by atoms with Crippen molar-refractivity contribution in [3.63, 3.8) is 0 Å². The van der Waals surface area contributed by atoms with Crippen molar-refractivity contribution >= 4 is 21.4 Å². The highest BCUT2D eigenvalue weighted by Gasteiger charge is 2.05. The van der Waals surface area contributed by atoms with Gasteiger partial charge in [-0.05, 0) is 13.8 Å². The largest absolute Gasteiger partial charge is 0.157 e. The number of thiophene rings is 1. The lowest BCUT2D eigenvalue weighted by molar-refractivity contribution is 1.00. The number of fused-ring (bicyclic) bond motifs is 1. The van der Waals surface area contributed by atoms with Gasteiger partial charge in [-0.25, -0.2) is 0 Å². The van der Waals surface area contributed by atoms with Gasteiger partial charge in [0.2, 0.25) is 0 Å². The Kier molecular flexibility index (Phi) is 8.00. The van der Waals surface area contributed by atoms with Gasteiger partial charge in [-0.15, -0.1) is 17.3 Å². The van der Waals surface area contributed by atoms with E-state index in [0.717, 1.165) is 21.3 Å². The molecular weight excluding hydrogens is 228 g/mol. The van der Waals surface area contributed by atoms with Gasteiger partial charge in [0.05, 0.1) is 16.6 Å². The molecule has 0 spiro atoms. The zero-order valence-electron chi connectivity index (χ0n) is 11.5. The number of hydrogen-bond acceptors (Lipinski definition) is 3. The van der Waals surface area contributed by atoms with Crippen molar-refractivity contribution in [3.05, 3.63) is 22.8 Å². The Hall–Kier alpha value is -1.40. The van der Waals surface area contributed by atoms with Crippen LogP contribution in [0.3, 0.4) is 0 Å². The number of rotatable bonds is 0. The average molecular weight is 248 g/mol. The maximum absolute atomic E-state index is 4.01. The average Bonchev–Trinajstić information content (AvgIpc) is 2.80. The molecule has 3 heteroatoms. The molecule has 2 rings (SSSR count). The summed E-state index contributed by atoms with van der Waals surface area (Å²) in [6.07, 6.45) is 1.79. The maximum Gasteiger partial charge on any atom is 0.0699 e. The van der Waals surface area contributed by atoms with Gasteiger partial charge in [0.1, 0.15) is 0 Å². The van der Waals surface area contributed by atoms with Crippen LogP contribution in [0.2, 0.25) is 0 Å². The molecule has 0 bridgehead atoms. The third-order valence-electron chi connectivity index (χ3n) is 1.82. The molecule has 0 N–H and O–H groups in total. The lowest BCUT2D eigenvalue weighted by atomic mass is 10.2. The van der Waals surface area contributed by atoms with Crippen LogP contribution in [-0.4, -0.2) is 10.2 Å². The lowest BCUT2D eigenvalue weighted by Gasteiger charge is -1.92. The Bertz CT molecular complexity index is 504. The van der Waals surface area contributed by atoms with Crippen molar-refractivity contribution in [2.75, 3.05) is 0 Å². The maximum atomic E-state index is 4.01. The first-order chi connectivity index (χ1) is 8.33. The molecule has 2 nitrogen and oxygen atoms in total. The molecule has 0 unspecified atom stereocenters. The lowest BCUT2D eigenvalue weighted by Crippen LogP contribution is -1.85. The zero-order valence-corrected chi connectivity index (χ0v) is 12.3. The first-order valence-corrected chi connectivity index (χ1v) is 6.83. The standard InChI is InChI=1S/C10H8N2S.2C2H6/c1-3-4-8-6-13-9-5-11-12-7(2)10(8)9;2*1-2/h5-6H,1-2H3;2*1-2H3. The summed E-state index contributed by atoms with van der Waals surface area (Å²) < 4.78 is 1.16. The summed E-state index contributed by atoms with van der Waals surface area (Å²) in [6.45, 7) is 11.8. The van der Waals surface area contributed by atoms with Crippen LogP contribution in [-0.2, 0) is 0 Å². The molecule has 0 saturated heterocycles. The van der Waals surface area contributed by atoms with Gasteiger partial charge in [-0.3, -0.25) is 0 Å². The first-order valence-electron chi connectivity index (χ1n) is 5.95. The van der Waals surface area contributed by atoms with Gasteiger partial charge in [0.15, 0.2) is 0 Å². The third-order valence-corrected chi connectivity index (χ3v) is 2.74. The summed E-state index contributed by atoms with van der Waals surface area (Å²) >= 11 is 1.66. The molecule has 0 amide bonds. The van der Waals surface area contributed by atoms with E-state index in [9.17, 15) is 0 Å². The molecule has 2 aromatic heterocycles. The second-order valence-corrected chi connectivity index (χ2v) is 3.60. The summed E-state index contributed by atoms with van der Waals surface area (Å²) in [5, 5.41) is 11.1. The van der Waals surface area contributed by atoms with E-state index < -0.39 is 0 Å². The fourth-order valence-corrected chi connectivity index (χ4v) is 2.19. The smallest absolute Gasteiger partial charge is 0.0699 e. The van der Waals surface area contributed by atoms with E-state index in [4.69, 9.17) is 0 Å². The van der Waals surface area contributed by atoms with Crippen LogP contribution in [0.4, 0.5) is 0 Å². The number of hydrogen-bond donors (Lipinski definition) is 0. The van der Waals surface area contributed by atoms with Crippen LogP contribution >= 0.6 is 11.3 Å². The minimum atomic E-state index is 0.955. The molecule has 2 aromatic rings. The van der Waals surface area contributed by atoms with Crippen LogP contribution in [0.25, 0.3) is 10.1 Å². The molecule has 17 heavy (non-hydrogen) atoms. The van der Waals surface area contributed by atoms with Gasteiger partial charge in [0, 0.05) is 16.3 Å². The highest BCUT2D eigenvalue weighted by Crippen LogP contribution is 2.25. The van der Waals surface area contributed by atoms with E-state index in [0.29, 0.717) is 0 Å². The van der Waals surface area contributed by atoms with E-state index in [1.54, 1.807) is 17.5 Å². The predicted molar refractivity (Wildman–Crippen MR) is 77.4 cm³/mol. The second kappa shape index (κ2) is 8.72. The van der Waals surface area contributed by atoms with Gasteiger partial charge in [0.25, 0.3) is 0 Å². The fourth-order valence-electron chi connectivity index (χ4n) is 1.29. The Morgan fingerprint density at radius 1 is 1.18 bits per heavy atom. The van der Waals surface area contributed by atoms with Crippen molar-refractivity contribution in [1.29, 1.82) is 0 Å². The summed E-state index contributed by atoms with van der Waals surface area (Å²) in [6, 6.07) is 0. The molecular formula is C14H20N2S. The Balaban J connectivity index is 0.000000581. The second-order valence-electron chi connectivity index (χ2n) is 2.69. The van der Waals surface area contributed by atoms with Crippen LogP contribution in [0.1, 0.15) is 45.9 Å². The molecule has 0 aliphatic heterocycles. The Labute approximate surface area is 108 Å². The van der Waals surface area contributed by atoms with Crippen molar-refractivity contribution in [2.45, 2.75) is 41.5 Å². The summed E-state index contributed by atoms with van der Waals surface area (Å²) in [5.74, 6) is 5.96. The van der Waals surface area contributed by atoms with E-state index in [2.05, 4.69) is 27.4 Å². The van der Waals surface area contributed by atoms with Crippen molar-refractivity contribution in [3.8, 4) is 11.8 Å². The highest BCUT2D eigenvalue weighted by molar-refractivity contribution is 7.17. The van der Waals surface area contributed by atoms with E-state index >= 15 is 0 Å². The Morgan fingerprint density at radius 2 is 1.82 bits per heavy atom. The third kappa shape index (κ3) is 3.83. The van der Waals surface area contributed by atoms with Crippen LogP contribution < -0.4 is 0 Å². The highest BCUT2D eigenvalue weighted by atomic mass is 32.1. The predicted octanol–water partition coefficient (Wildman–Crippen LogP) is 4.42. The number of nitrogens with zero attached hydrogens (tertiary/aromatic N) is 2. The summed E-state index contributed by atoms with van der Waals surface area (Å²) in [4.78, 5) is 0. The van der Waals surface area contributed by atoms with E-state index in [1.165, 1.54) is 0 Å². The molecule has 0 aliphatic carbocycles. The molecule has 0 radical (unpaired) electrons. The number of aryl methyl sites for hydroxylation is 1. The molecule has 0 saturated carbocycles. The van der Waals surface area contributed by atoms with Gasteiger partial charge < -0.3 is 0 Å². The monoisotopic (exact) mass is 248 g/mol. The summed E-state index contributed by atoms with van der Waals surface area (Å²) in [7, 11) is 0. The fraction of sp³-hybridized carbons (Fsp3) is 0.429. The van der Waals surface area contributed by atoms with Gasteiger partial charge in [-0.2, -0.15) is 10.2 Å². The molecule has 0 fully saturated rings. The molecule has 2 heterocycles. The van der Waals surface area contributed by atoms with Gasteiger partial charge >= 0.3 is 0 Å². The van der Waals surface area contributed by atoms with Crippen molar-refractivity contribution in [2.24, 2.45) is 0 Å². The summed E-state index contributed by atoms with van der Waals surface area (Å²) in [5.41, 5.74) is 2.02. The molecule has 0 aromatic carbocycles. The van der Waals surface area contributed by atoms with Crippen molar-refractivity contribution < 1.29 is 0 Å². The van der Waals surface area contributed by atoms with Crippen LogP contribution in [0.15, 0.2) is 11.6 Å². The van der Waals surface area contributed by atoms with Crippen LogP contribution in [0, 0.1) is 18.8 Å². The van der Waals surface area contributed by atoms with Gasteiger partial charge in [-0.1, -0.05) is 33.6 Å². The zero-order chi connectivity index (χ0) is 13.3. The normalized spacial score (nSPS) is 8.12.